The van der Waals surface area contributed by atoms with Crippen molar-refractivity contribution >= 4 is 33.2 Å². The zero-order chi connectivity index (χ0) is 23.2. The molecule has 0 saturated carbocycles. The van der Waals surface area contributed by atoms with Crippen LogP contribution in [0.25, 0.3) is 0 Å². The van der Waals surface area contributed by atoms with Crippen molar-refractivity contribution in [3.8, 4) is 11.5 Å². The third kappa shape index (κ3) is 5.98. The number of carbonyl (C=O) groups excluding carboxylic acids is 1. The minimum atomic E-state index is -0.486. The van der Waals surface area contributed by atoms with Crippen LogP contribution < -0.4 is 14.8 Å². The molecule has 2 aromatic carbocycles. The summed E-state index contributed by atoms with van der Waals surface area (Å²) in [5.41, 5.74) is 0.460. The summed E-state index contributed by atoms with van der Waals surface area (Å²) in [6, 6.07) is 16.2. The second kappa shape index (κ2) is 10.0. The average Bonchev–Trinajstić information content (AvgIpc) is 3.47. The molecule has 10 nitrogen and oxygen atoms in total. The summed E-state index contributed by atoms with van der Waals surface area (Å²) in [7, 11) is 0. The van der Waals surface area contributed by atoms with E-state index in [2.05, 4.69) is 26.3 Å². The highest BCUT2D eigenvalue weighted by Gasteiger charge is 2.13. The van der Waals surface area contributed by atoms with E-state index in [4.69, 9.17) is 13.9 Å². The van der Waals surface area contributed by atoms with Gasteiger partial charge >= 0.3 is 0 Å². The van der Waals surface area contributed by atoms with Crippen molar-refractivity contribution in [3.05, 3.63) is 99.2 Å². The van der Waals surface area contributed by atoms with Crippen LogP contribution in [0.5, 0.6) is 11.5 Å². The molecule has 0 fully saturated rings. The van der Waals surface area contributed by atoms with Gasteiger partial charge in [-0.3, -0.25) is 14.9 Å². The highest BCUT2D eigenvalue weighted by molar-refractivity contribution is 9.10. The molecule has 11 heteroatoms. The Morgan fingerprint density at radius 1 is 1.06 bits per heavy atom. The number of nitrogens with one attached hydrogen (secondary N) is 1. The van der Waals surface area contributed by atoms with Gasteiger partial charge in [0.1, 0.15) is 23.9 Å². The number of hydrogen-bond donors (Lipinski definition) is 1. The number of ether oxygens (including phenoxy) is 2. The lowest BCUT2D eigenvalue weighted by Gasteiger charge is -2.06. The third-order valence-corrected chi connectivity index (χ3v) is 4.91. The fourth-order valence-corrected chi connectivity index (χ4v) is 3.02. The lowest BCUT2D eigenvalue weighted by Crippen LogP contribution is -2.10. The van der Waals surface area contributed by atoms with E-state index in [9.17, 15) is 14.9 Å². The fraction of sp³-hybridized carbons (Fsp3) is 0.0909. The molecule has 1 amide bonds. The van der Waals surface area contributed by atoms with Crippen molar-refractivity contribution in [1.82, 2.24) is 9.78 Å². The van der Waals surface area contributed by atoms with Gasteiger partial charge in [0.2, 0.25) is 0 Å². The Balaban J connectivity index is 1.27. The number of nitro groups is 1. The van der Waals surface area contributed by atoms with Crippen LogP contribution in [0.3, 0.4) is 0 Å². The first-order chi connectivity index (χ1) is 16.0. The molecule has 0 aliphatic rings. The molecule has 2 aromatic heterocycles. The number of anilines is 1. The monoisotopic (exact) mass is 512 g/mol. The number of halogens is 1. The van der Waals surface area contributed by atoms with Crippen LogP contribution in [0.1, 0.15) is 16.3 Å². The maximum Gasteiger partial charge on any atom is 0.291 e. The molecule has 0 aliphatic carbocycles. The Hall–Kier alpha value is -4.12. The zero-order valence-electron chi connectivity index (χ0n) is 17.0. The largest absolute Gasteiger partial charge is 0.486 e. The normalized spacial score (nSPS) is 10.6. The number of nitrogens with zero attached hydrogens (tertiary/aromatic N) is 3. The summed E-state index contributed by atoms with van der Waals surface area (Å²) in [6.45, 7) is 0.249. The predicted octanol–water partition coefficient (Wildman–Crippen LogP) is 5.01. The van der Waals surface area contributed by atoms with E-state index in [-0.39, 0.29) is 24.8 Å². The molecule has 33 heavy (non-hydrogen) atoms. The van der Waals surface area contributed by atoms with Gasteiger partial charge in [0, 0.05) is 16.6 Å². The quantitative estimate of drug-likeness (QED) is 0.247. The van der Waals surface area contributed by atoms with Gasteiger partial charge in [-0.05, 0) is 48.5 Å². The van der Waals surface area contributed by atoms with E-state index in [0.717, 1.165) is 4.47 Å². The summed E-state index contributed by atoms with van der Waals surface area (Å²) < 4.78 is 19.2. The first-order valence-electron chi connectivity index (χ1n) is 9.64. The van der Waals surface area contributed by atoms with Gasteiger partial charge in [0.25, 0.3) is 11.6 Å². The molecule has 0 unspecified atom stereocenters. The van der Waals surface area contributed by atoms with Crippen molar-refractivity contribution in [2.24, 2.45) is 0 Å². The minimum Gasteiger partial charge on any atom is -0.486 e. The number of rotatable bonds is 9. The summed E-state index contributed by atoms with van der Waals surface area (Å²) >= 11 is 3.37. The molecule has 0 aliphatic heterocycles. The summed E-state index contributed by atoms with van der Waals surface area (Å²) in [4.78, 5) is 22.6. The molecule has 0 saturated heterocycles. The van der Waals surface area contributed by atoms with Crippen molar-refractivity contribution < 1.29 is 23.6 Å². The van der Waals surface area contributed by atoms with E-state index in [1.54, 1.807) is 16.9 Å². The Kier molecular flexibility index (Phi) is 6.69. The van der Waals surface area contributed by atoms with Crippen LogP contribution in [0.4, 0.5) is 11.4 Å². The number of carbonyl (C=O) groups is 1. The summed E-state index contributed by atoms with van der Waals surface area (Å²) in [5, 5.41) is 17.6. The van der Waals surface area contributed by atoms with Gasteiger partial charge in [-0.2, -0.15) is 5.10 Å². The summed E-state index contributed by atoms with van der Waals surface area (Å²) in [5.74, 6) is 1.23. The standard InChI is InChI=1S/C22H17BrN4O6/c23-15-1-5-19(6-2-15)32-14-26-12-16(11-24-26)25-22(28)21-10-9-20(33-21)13-31-18-7-3-17(4-8-18)27(29)30/h1-12H,13-14H2,(H,25,28). The predicted molar refractivity (Wildman–Crippen MR) is 121 cm³/mol. The van der Waals surface area contributed by atoms with Gasteiger partial charge < -0.3 is 19.2 Å². The van der Waals surface area contributed by atoms with Crippen LogP contribution >= 0.6 is 15.9 Å². The first-order valence-corrected chi connectivity index (χ1v) is 10.4. The van der Waals surface area contributed by atoms with Crippen LogP contribution in [0.2, 0.25) is 0 Å². The Morgan fingerprint density at radius 2 is 1.76 bits per heavy atom. The fourth-order valence-electron chi connectivity index (χ4n) is 2.76. The number of aromatic nitrogens is 2. The molecule has 4 aromatic rings. The molecule has 4 rings (SSSR count). The van der Waals surface area contributed by atoms with Crippen LogP contribution in [-0.2, 0) is 13.3 Å². The summed E-state index contributed by atoms with van der Waals surface area (Å²) in [6.07, 6.45) is 3.14. The second-order valence-corrected chi connectivity index (χ2v) is 7.67. The Morgan fingerprint density at radius 3 is 2.48 bits per heavy atom. The lowest BCUT2D eigenvalue weighted by atomic mass is 10.3. The van der Waals surface area contributed by atoms with E-state index >= 15 is 0 Å². The lowest BCUT2D eigenvalue weighted by molar-refractivity contribution is -0.384. The van der Waals surface area contributed by atoms with Crippen molar-refractivity contribution in [1.29, 1.82) is 0 Å². The van der Waals surface area contributed by atoms with Crippen LogP contribution in [0, 0.1) is 10.1 Å². The zero-order valence-corrected chi connectivity index (χ0v) is 18.6. The van der Waals surface area contributed by atoms with Crippen LogP contribution in [-0.4, -0.2) is 20.6 Å². The van der Waals surface area contributed by atoms with Gasteiger partial charge in [0.15, 0.2) is 12.5 Å². The van der Waals surface area contributed by atoms with Gasteiger partial charge in [0.05, 0.1) is 23.0 Å². The topological polar surface area (TPSA) is 122 Å². The molecule has 1 N–H and O–H groups in total. The van der Waals surface area contributed by atoms with E-state index in [1.165, 1.54) is 36.5 Å². The molecular weight excluding hydrogens is 496 g/mol. The van der Waals surface area contributed by atoms with Crippen molar-refractivity contribution in [3.63, 3.8) is 0 Å². The smallest absolute Gasteiger partial charge is 0.291 e. The number of nitro benzene ring substituents is 1. The number of amides is 1. The number of benzene rings is 2. The molecule has 0 radical (unpaired) electrons. The Bertz CT molecular complexity index is 1250. The third-order valence-electron chi connectivity index (χ3n) is 4.38. The van der Waals surface area contributed by atoms with Crippen molar-refractivity contribution in [2.75, 3.05) is 5.32 Å². The van der Waals surface area contributed by atoms with E-state index < -0.39 is 10.8 Å². The first kappa shape index (κ1) is 22.1. The van der Waals surface area contributed by atoms with E-state index in [0.29, 0.717) is 22.9 Å². The molecular formula is C22H17BrN4O6. The van der Waals surface area contributed by atoms with Gasteiger partial charge in [-0.25, -0.2) is 4.68 Å². The molecule has 0 atom stereocenters. The maximum atomic E-state index is 12.4. The average molecular weight is 513 g/mol. The molecule has 0 bridgehead atoms. The maximum absolute atomic E-state index is 12.4. The van der Waals surface area contributed by atoms with Gasteiger partial charge in [-0.15, -0.1) is 0 Å². The Labute approximate surface area is 196 Å². The highest BCUT2D eigenvalue weighted by Crippen LogP contribution is 2.20. The number of hydrogen-bond acceptors (Lipinski definition) is 7. The van der Waals surface area contributed by atoms with Crippen LogP contribution in [0.15, 0.2) is 81.9 Å². The highest BCUT2D eigenvalue weighted by atomic mass is 79.9. The molecule has 0 spiro atoms. The second-order valence-electron chi connectivity index (χ2n) is 6.76. The van der Waals surface area contributed by atoms with Gasteiger partial charge in [-0.1, -0.05) is 15.9 Å². The van der Waals surface area contributed by atoms with E-state index in [1.807, 2.05) is 24.3 Å². The molecule has 2 heterocycles. The number of furan rings is 1. The molecule has 168 valence electrons. The van der Waals surface area contributed by atoms with Crippen molar-refractivity contribution in [2.45, 2.75) is 13.3 Å². The number of non-ortho nitro benzene ring substituents is 1. The minimum absolute atomic E-state index is 0.0255. The SMILES string of the molecule is O=C(Nc1cnn(COc2ccc(Br)cc2)c1)c1ccc(COc2ccc([N+](=O)[O-])cc2)o1.